The molecule has 0 aliphatic carbocycles. The van der Waals surface area contributed by atoms with Gasteiger partial charge in [0.25, 0.3) is 5.91 Å². The minimum atomic E-state index is -3.01. The van der Waals surface area contributed by atoms with E-state index in [4.69, 9.17) is 0 Å². The van der Waals surface area contributed by atoms with Crippen molar-refractivity contribution < 1.29 is 13.2 Å². The number of carbonyl (C=O) groups is 1. The lowest BCUT2D eigenvalue weighted by molar-refractivity contribution is 0.0915. The van der Waals surface area contributed by atoms with Gasteiger partial charge in [-0.25, -0.2) is 8.42 Å². The zero-order valence-corrected chi connectivity index (χ0v) is 9.67. The van der Waals surface area contributed by atoms with Crippen LogP contribution in [0.3, 0.4) is 0 Å². The highest BCUT2D eigenvalue weighted by Crippen LogP contribution is 2.23. The number of H-pyrrole nitrogens is 1. The molecule has 2 N–H and O–H groups in total. The van der Waals surface area contributed by atoms with E-state index in [1.807, 2.05) is 0 Å². The molecule has 2 rings (SSSR count). The van der Waals surface area contributed by atoms with Crippen molar-refractivity contribution in [1.82, 2.24) is 15.5 Å². The lowest BCUT2D eigenvalue weighted by Crippen LogP contribution is -2.46. The summed E-state index contributed by atoms with van der Waals surface area (Å²) in [4.78, 5) is 11.7. The van der Waals surface area contributed by atoms with E-state index in [9.17, 15) is 13.2 Å². The van der Waals surface area contributed by atoms with Crippen molar-refractivity contribution in [2.24, 2.45) is 0 Å². The summed E-state index contributed by atoms with van der Waals surface area (Å²) in [5.41, 5.74) is -0.252. The zero-order chi connectivity index (χ0) is 11.8. The predicted molar refractivity (Wildman–Crippen MR) is 57.7 cm³/mol. The van der Waals surface area contributed by atoms with E-state index >= 15 is 0 Å². The number of rotatable bonds is 2. The molecule has 16 heavy (non-hydrogen) atoms. The van der Waals surface area contributed by atoms with Crippen LogP contribution >= 0.6 is 0 Å². The molecule has 1 saturated heterocycles. The van der Waals surface area contributed by atoms with Crippen LogP contribution < -0.4 is 5.32 Å². The topological polar surface area (TPSA) is 91.9 Å². The highest BCUT2D eigenvalue weighted by atomic mass is 32.2. The molecule has 0 bridgehead atoms. The van der Waals surface area contributed by atoms with Crippen LogP contribution in [0, 0.1) is 0 Å². The molecule has 1 aliphatic heterocycles. The fourth-order valence-electron chi connectivity index (χ4n) is 1.83. The van der Waals surface area contributed by atoms with Crippen molar-refractivity contribution in [1.29, 1.82) is 0 Å². The summed E-state index contributed by atoms with van der Waals surface area (Å²) in [6.07, 6.45) is 3.34. The highest BCUT2D eigenvalue weighted by molar-refractivity contribution is 7.91. The second kappa shape index (κ2) is 3.58. The van der Waals surface area contributed by atoms with Crippen LogP contribution in [0.2, 0.25) is 0 Å². The molecule has 2 heterocycles. The van der Waals surface area contributed by atoms with Crippen molar-refractivity contribution >= 4 is 15.7 Å². The van der Waals surface area contributed by atoms with Crippen molar-refractivity contribution in [2.45, 2.75) is 18.9 Å². The van der Waals surface area contributed by atoms with Crippen LogP contribution in [0.5, 0.6) is 0 Å². The second-order valence-corrected chi connectivity index (χ2v) is 6.53. The van der Waals surface area contributed by atoms with Gasteiger partial charge in [-0.1, -0.05) is 0 Å². The van der Waals surface area contributed by atoms with Gasteiger partial charge in [0.05, 0.1) is 28.8 Å². The maximum Gasteiger partial charge on any atom is 0.254 e. The molecule has 1 aromatic rings. The van der Waals surface area contributed by atoms with Crippen molar-refractivity contribution in [2.75, 3.05) is 11.5 Å². The Balaban J connectivity index is 2.09. The minimum absolute atomic E-state index is 0.00356. The number of nitrogens with one attached hydrogen (secondary N) is 2. The molecule has 88 valence electrons. The molecule has 0 radical (unpaired) electrons. The second-order valence-electron chi connectivity index (χ2n) is 4.34. The number of hydrogen-bond donors (Lipinski definition) is 2. The SMILES string of the molecule is CC1(NC(=O)c2cn[nH]c2)CCS(=O)(=O)C1. The lowest BCUT2D eigenvalue weighted by atomic mass is 10.0. The molecule has 0 saturated carbocycles. The zero-order valence-electron chi connectivity index (χ0n) is 8.86. The van der Waals surface area contributed by atoms with E-state index < -0.39 is 15.4 Å². The standard InChI is InChI=1S/C9H13N3O3S/c1-9(2-3-16(14,15)6-9)12-8(13)7-4-10-11-5-7/h4-5H,2-3,6H2,1H3,(H,10,11)(H,12,13). The van der Waals surface area contributed by atoms with E-state index in [2.05, 4.69) is 15.5 Å². The summed E-state index contributed by atoms with van der Waals surface area (Å²) in [5.74, 6) is -0.160. The van der Waals surface area contributed by atoms with Gasteiger partial charge >= 0.3 is 0 Å². The Morgan fingerprint density at radius 1 is 1.62 bits per heavy atom. The summed E-state index contributed by atoms with van der Waals surface area (Å²) >= 11 is 0. The van der Waals surface area contributed by atoms with Gasteiger partial charge in [-0.2, -0.15) is 5.10 Å². The molecular formula is C9H13N3O3S. The Morgan fingerprint density at radius 3 is 2.88 bits per heavy atom. The van der Waals surface area contributed by atoms with E-state index in [-0.39, 0.29) is 17.4 Å². The third-order valence-electron chi connectivity index (χ3n) is 2.68. The van der Waals surface area contributed by atoms with Crippen molar-refractivity contribution in [3.05, 3.63) is 18.0 Å². The molecule has 0 spiro atoms. The molecule has 0 aromatic carbocycles. The maximum atomic E-state index is 11.7. The van der Waals surface area contributed by atoms with Crippen LogP contribution in [-0.4, -0.2) is 41.6 Å². The predicted octanol–water partition coefficient (Wildman–Crippen LogP) is -0.283. The van der Waals surface area contributed by atoms with Gasteiger partial charge in [0.1, 0.15) is 0 Å². The Kier molecular flexibility index (Phi) is 2.49. The number of hydrogen-bond acceptors (Lipinski definition) is 4. The van der Waals surface area contributed by atoms with Gasteiger partial charge in [-0.05, 0) is 13.3 Å². The fraction of sp³-hybridized carbons (Fsp3) is 0.556. The number of aromatic nitrogens is 2. The third-order valence-corrected chi connectivity index (χ3v) is 4.58. The fourth-order valence-corrected chi connectivity index (χ4v) is 3.92. The van der Waals surface area contributed by atoms with Crippen LogP contribution in [0.15, 0.2) is 12.4 Å². The molecule has 1 unspecified atom stereocenters. The highest BCUT2D eigenvalue weighted by Gasteiger charge is 2.39. The van der Waals surface area contributed by atoms with Crippen LogP contribution in [0.4, 0.5) is 0 Å². The summed E-state index contributed by atoms with van der Waals surface area (Å²) in [6.45, 7) is 1.75. The molecule has 1 amide bonds. The first kappa shape index (κ1) is 11.1. The van der Waals surface area contributed by atoms with Gasteiger partial charge in [0, 0.05) is 6.20 Å². The van der Waals surface area contributed by atoms with E-state index in [0.29, 0.717) is 12.0 Å². The molecule has 1 aliphatic rings. The summed E-state index contributed by atoms with van der Waals surface area (Å²) < 4.78 is 22.7. The van der Waals surface area contributed by atoms with Gasteiger partial charge in [-0.15, -0.1) is 0 Å². The molecule has 1 atom stereocenters. The van der Waals surface area contributed by atoms with Gasteiger partial charge in [0.15, 0.2) is 9.84 Å². The summed E-state index contributed by atoms with van der Waals surface area (Å²) in [6, 6.07) is 0. The van der Waals surface area contributed by atoms with E-state index in [1.54, 1.807) is 6.92 Å². The van der Waals surface area contributed by atoms with Crippen molar-refractivity contribution in [3.63, 3.8) is 0 Å². The molecule has 7 heteroatoms. The quantitative estimate of drug-likeness (QED) is 0.747. The Bertz CT molecular complexity index is 494. The average molecular weight is 243 g/mol. The normalized spacial score (nSPS) is 27.8. The molecule has 1 fully saturated rings. The summed E-state index contributed by atoms with van der Waals surface area (Å²) in [7, 11) is -3.01. The smallest absolute Gasteiger partial charge is 0.254 e. The average Bonchev–Trinajstić information content (AvgIpc) is 2.73. The number of sulfone groups is 1. The number of carbonyl (C=O) groups excluding carboxylic acids is 1. The number of aromatic amines is 1. The maximum absolute atomic E-state index is 11.7. The van der Waals surface area contributed by atoms with E-state index in [1.165, 1.54) is 12.4 Å². The Hall–Kier alpha value is -1.37. The van der Waals surface area contributed by atoms with E-state index in [0.717, 1.165) is 0 Å². The van der Waals surface area contributed by atoms with Gasteiger partial charge in [-0.3, -0.25) is 9.89 Å². The third kappa shape index (κ3) is 2.24. The Labute approximate surface area is 93.3 Å². The largest absolute Gasteiger partial charge is 0.346 e. The number of amides is 1. The van der Waals surface area contributed by atoms with Crippen molar-refractivity contribution in [3.8, 4) is 0 Å². The molecule has 1 aromatic heterocycles. The molecule has 6 nitrogen and oxygen atoms in total. The number of nitrogens with zero attached hydrogens (tertiary/aromatic N) is 1. The van der Waals surface area contributed by atoms with Gasteiger partial charge in [0.2, 0.25) is 0 Å². The first-order valence-corrected chi connectivity index (χ1v) is 6.74. The van der Waals surface area contributed by atoms with Crippen LogP contribution in [0.25, 0.3) is 0 Å². The minimum Gasteiger partial charge on any atom is -0.346 e. The molecular weight excluding hydrogens is 230 g/mol. The first-order valence-electron chi connectivity index (χ1n) is 4.92. The first-order chi connectivity index (χ1) is 7.40. The lowest BCUT2D eigenvalue weighted by Gasteiger charge is -2.23. The van der Waals surface area contributed by atoms with Crippen LogP contribution in [-0.2, 0) is 9.84 Å². The summed E-state index contributed by atoms with van der Waals surface area (Å²) in [5, 5.41) is 8.94. The monoisotopic (exact) mass is 243 g/mol. The Morgan fingerprint density at radius 2 is 2.38 bits per heavy atom. The van der Waals surface area contributed by atoms with Crippen LogP contribution in [0.1, 0.15) is 23.7 Å². The van der Waals surface area contributed by atoms with Gasteiger partial charge < -0.3 is 5.32 Å².